The Hall–Kier alpha value is -1.10. The first-order valence-corrected chi connectivity index (χ1v) is 8.10. The minimum absolute atomic E-state index is 0.161. The van der Waals surface area contributed by atoms with E-state index in [4.69, 9.17) is 10.5 Å². The van der Waals surface area contributed by atoms with E-state index in [0.29, 0.717) is 6.04 Å². The lowest BCUT2D eigenvalue weighted by molar-refractivity contribution is -0.0643. The highest BCUT2D eigenvalue weighted by Gasteiger charge is 2.41. The number of piperidine rings is 1. The zero-order chi connectivity index (χ0) is 14.7. The van der Waals surface area contributed by atoms with E-state index in [1.54, 1.807) is 0 Å². The van der Waals surface area contributed by atoms with Crippen molar-refractivity contribution in [3.05, 3.63) is 30.3 Å². The van der Waals surface area contributed by atoms with Crippen molar-refractivity contribution in [2.45, 2.75) is 31.3 Å². The van der Waals surface area contributed by atoms with Crippen LogP contribution in [0.3, 0.4) is 0 Å². The first-order chi connectivity index (χ1) is 10.2. The summed E-state index contributed by atoms with van der Waals surface area (Å²) >= 11 is 0. The molecule has 2 aliphatic rings. The molecule has 0 aromatic heterocycles. The van der Waals surface area contributed by atoms with Crippen LogP contribution in [0.2, 0.25) is 0 Å². The van der Waals surface area contributed by atoms with Gasteiger partial charge in [-0.3, -0.25) is 4.90 Å². The maximum Gasteiger partial charge on any atom is 0.0620 e. The summed E-state index contributed by atoms with van der Waals surface area (Å²) in [5, 5.41) is 0. The largest absolute Gasteiger partial charge is 0.379 e. The molecule has 4 nitrogen and oxygen atoms in total. The van der Waals surface area contributed by atoms with Gasteiger partial charge in [-0.2, -0.15) is 0 Å². The zero-order valence-electron chi connectivity index (χ0n) is 13.0. The average molecular weight is 289 g/mol. The van der Waals surface area contributed by atoms with E-state index in [1.807, 2.05) is 0 Å². The molecule has 1 aromatic rings. The SMILES string of the molecule is CC1COCCN1C1(CN)CCN(c2ccccc2)CC1. The number of nitrogens with two attached hydrogens (primary N) is 1. The Kier molecular flexibility index (Phi) is 4.48. The molecule has 4 heteroatoms. The number of hydrogen-bond donors (Lipinski definition) is 1. The van der Waals surface area contributed by atoms with E-state index in [9.17, 15) is 0 Å². The van der Waals surface area contributed by atoms with Crippen LogP contribution in [0, 0.1) is 0 Å². The van der Waals surface area contributed by atoms with Crippen LogP contribution in [0.25, 0.3) is 0 Å². The maximum atomic E-state index is 6.21. The second-order valence-corrected chi connectivity index (χ2v) is 6.37. The molecule has 0 amide bonds. The van der Waals surface area contributed by atoms with Gasteiger partial charge in [-0.1, -0.05) is 18.2 Å². The molecule has 2 saturated heterocycles. The molecule has 0 spiro atoms. The molecule has 2 N–H and O–H groups in total. The van der Waals surface area contributed by atoms with Gasteiger partial charge in [0.25, 0.3) is 0 Å². The van der Waals surface area contributed by atoms with E-state index < -0.39 is 0 Å². The van der Waals surface area contributed by atoms with Crippen molar-refractivity contribution in [1.82, 2.24) is 4.90 Å². The summed E-state index contributed by atoms with van der Waals surface area (Å²) < 4.78 is 5.59. The third-order valence-corrected chi connectivity index (χ3v) is 5.17. The molecule has 0 radical (unpaired) electrons. The van der Waals surface area contributed by atoms with Crippen molar-refractivity contribution in [3.63, 3.8) is 0 Å². The second kappa shape index (κ2) is 6.34. The molecule has 3 rings (SSSR count). The summed E-state index contributed by atoms with van der Waals surface area (Å²) in [7, 11) is 0. The number of anilines is 1. The highest BCUT2D eigenvalue weighted by atomic mass is 16.5. The van der Waals surface area contributed by atoms with Crippen molar-refractivity contribution in [3.8, 4) is 0 Å². The predicted octanol–water partition coefficient (Wildman–Crippen LogP) is 1.70. The number of nitrogens with zero attached hydrogens (tertiary/aromatic N) is 2. The highest BCUT2D eigenvalue weighted by molar-refractivity contribution is 5.46. The number of hydrogen-bond acceptors (Lipinski definition) is 4. The molecule has 1 atom stereocenters. The van der Waals surface area contributed by atoms with Crippen molar-refractivity contribution in [1.29, 1.82) is 0 Å². The van der Waals surface area contributed by atoms with Crippen molar-refractivity contribution in [2.75, 3.05) is 44.3 Å². The first-order valence-electron chi connectivity index (χ1n) is 8.10. The molecule has 0 aliphatic carbocycles. The van der Waals surface area contributed by atoms with Crippen LogP contribution >= 0.6 is 0 Å². The smallest absolute Gasteiger partial charge is 0.0620 e. The van der Waals surface area contributed by atoms with Crippen LogP contribution in [0.4, 0.5) is 5.69 Å². The Morgan fingerprint density at radius 3 is 2.52 bits per heavy atom. The van der Waals surface area contributed by atoms with Gasteiger partial charge in [-0.05, 0) is 31.9 Å². The van der Waals surface area contributed by atoms with Gasteiger partial charge in [0.15, 0.2) is 0 Å². The normalized spacial score (nSPS) is 26.8. The summed E-state index contributed by atoms with van der Waals surface area (Å²) in [6.07, 6.45) is 2.28. The summed E-state index contributed by atoms with van der Waals surface area (Å²) in [6.45, 7) is 7.89. The van der Waals surface area contributed by atoms with Gasteiger partial charge >= 0.3 is 0 Å². The van der Waals surface area contributed by atoms with E-state index in [-0.39, 0.29) is 5.54 Å². The molecule has 2 heterocycles. The standard InChI is InChI=1S/C17H27N3O/c1-15-13-21-12-11-20(15)17(14-18)7-9-19(10-8-17)16-5-3-2-4-6-16/h2-6,15H,7-14,18H2,1H3. The van der Waals surface area contributed by atoms with E-state index in [1.165, 1.54) is 5.69 Å². The maximum absolute atomic E-state index is 6.21. The average Bonchev–Trinajstić information content (AvgIpc) is 2.56. The summed E-state index contributed by atoms with van der Waals surface area (Å²) in [5.74, 6) is 0. The van der Waals surface area contributed by atoms with Crippen LogP contribution in [-0.2, 0) is 4.74 Å². The molecular formula is C17H27N3O. The summed E-state index contributed by atoms with van der Waals surface area (Å²) in [5.41, 5.74) is 7.71. The molecule has 0 saturated carbocycles. The van der Waals surface area contributed by atoms with Crippen molar-refractivity contribution < 1.29 is 4.74 Å². The fourth-order valence-corrected chi connectivity index (χ4v) is 3.86. The summed E-state index contributed by atoms with van der Waals surface area (Å²) in [6, 6.07) is 11.2. The van der Waals surface area contributed by atoms with E-state index in [0.717, 1.165) is 52.2 Å². The first kappa shape index (κ1) is 14.8. The third kappa shape index (κ3) is 2.93. The van der Waals surface area contributed by atoms with Crippen LogP contribution < -0.4 is 10.6 Å². The monoisotopic (exact) mass is 289 g/mol. The lowest BCUT2D eigenvalue weighted by Gasteiger charge is -2.52. The summed E-state index contributed by atoms with van der Waals surface area (Å²) in [4.78, 5) is 5.10. The Morgan fingerprint density at radius 1 is 1.19 bits per heavy atom. The van der Waals surface area contributed by atoms with Crippen molar-refractivity contribution >= 4 is 5.69 Å². The van der Waals surface area contributed by atoms with Gasteiger partial charge in [0.2, 0.25) is 0 Å². The van der Waals surface area contributed by atoms with Gasteiger partial charge in [0.05, 0.1) is 13.2 Å². The van der Waals surface area contributed by atoms with E-state index in [2.05, 4.69) is 47.1 Å². The number of benzene rings is 1. The van der Waals surface area contributed by atoms with Crippen molar-refractivity contribution in [2.24, 2.45) is 5.73 Å². The van der Waals surface area contributed by atoms with Gasteiger partial charge < -0.3 is 15.4 Å². The molecule has 0 bridgehead atoms. The lowest BCUT2D eigenvalue weighted by Crippen LogP contribution is -2.64. The van der Waals surface area contributed by atoms with Crippen LogP contribution in [0.1, 0.15) is 19.8 Å². The van der Waals surface area contributed by atoms with Gasteiger partial charge in [-0.15, -0.1) is 0 Å². The van der Waals surface area contributed by atoms with Crippen LogP contribution in [-0.4, -0.2) is 55.9 Å². The molecule has 21 heavy (non-hydrogen) atoms. The lowest BCUT2D eigenvalue weighted by atomic mass is 9.84. The molecular weight excluding hydrogens is 262 g/mol. The number of ether oxygens (including phenoxy) is 1. The zero-order valence-corrected chi connectivity index (χ0v) is 13.0. The van der Waals surface area contributed by atoms with Crippen LogP contribution in [0.15, 0.2) is 30.3 Å². The molecule has 2 fully saturated rings. The molecule has 116 valence electrons. The highest BCUT2D eigenvalue weighted by Crippen LogP contribution is 2.32. The number of morpholine rings is 1. The molecule has 2 aliphatic heterocycles. The van der Waals surface area contributed by atoms with Crippen LogP contribution in [0.5, 0.6) is 0 Å². The minimum Gasteiger partial charge on any atom is -0.379 e. The third-order valence-electron chi connectivity index (χ3n) is 5.17. The minimum atomic E-state index is 0.161. The molecule has 1 unspecified atom stereocenters. The number of para-hydroxylation sites is 1. The Balaban J connectivity index is 1.69. The van der Waals surface area contributed by atoms with Gasteiger partial charge in [0.1, 0.15) is 0 Å². The van der Waals surface area contributed by atoms with E-state index >= 15 is 0 Å². The van der Waals surface area contributed by atoms with Gasteiger partial charge in [0, 0.05) is 43.4 Å². The Morgan fingerprint density at radius 2 is 1.90 bits per heavy atom. The Bertz CT molecular complexity index is 443. The second-order valence-electron chi connectivity index (χ2n) is 6.37. The fourth-order valence-electron chi connectivity index (χ4n) is 3.86. The number of rotatable bonds is 3. The fraction of sp³-hybridized carbons (Fsp3) is 0.647. The Labute approximate surface area is 127 Å². The predicted molar refractivity (Wildman–Crippen MR) is 86.7 cm³/mol. The quantitative estimate of drug-likeness (QED) is 0.920. The molecule has 1 aromatic carbocycles. The topological polar surface area (TPSA) is 41.7 Å². The van der Waals surface area contributed by atoms with Gasteiger partial charge in [-0.25, -0.2) is 0 Å².